The molecule has 0 bridgehead atoms. The van der Waals surface area contributed by atoms with Crippen molar-refractivity contribution in [1.82, 2.24) is 4.90 Å². The molecule has 0 amide bonds. The van der Waals surface area contributed by atoms with Crippen LogP contribution in [0.1, 0.15) is 25.8 Å². The van der Waals surface area contributed by atoms with Crippen LogP contribution in [0.3, 0.4) is 0 Å². The molecule has 2 N–H and O–H groups in total. The third kappa shape index (κ3) is 4.33. The highest BCUT2D eigenvalue weighted by molar-refractivity contribution is 5.14. The minimum absolute atomic E-state index is 0.596. The number of rotatable bonds is 7. The van der Waals surface area contributed by atoms with Crippen molar-refractivity contribution in [2.24, 2.45) is 5.73 Å². The summed E-state index contributed by atoms with van der Waals surface area (Å²) in [7, 11) is 0. The average molecular weight is 220 g/mol. The molecule has 0 radical (unpaired) electrons. The topological polar surface area (TPSA) is 29.3 Å². The fourth-order valence-electron chi connectivity index (χ4n) is 2.03. The molecule has 1 aromatic rings. The first-order valence-electron chi connectivity index (χ1n) is 6.26. The summed E-state index contributed by atoms with van der Waals surface area (Å²) in [5, 5.41) is 0. The van der Waals surface area contributed by atoms with Crippen molar-refractivity contribution >= 4 is 0 Å². The Morgan fingerprint density at radius 2 is 1.94 bits per heavy atom. The molecule has 0 spiro atoms. The molecule has 2 heteroatoms. The van der Waals surface area contributed by atoms with Crippen LogP contribution >= 0.6 is 0 Å². The monoisotopic (exact) mass is 220 g/mol. The molecule has 16 heavy (non-hydrogen) atoms. The molecule has 1 rings (SSSR count). The zero-order chi connectivity index (χ0) is 11.8. The summed E-state index contributed by atoms with van der Waals surface area (Å²) in [6.07, 6.45) is 2.21. The predicted molar refractivity (Wildman–Crippen MR) is 70.5 cm³/mol. The molecule has 2 nitrogen and oxygen atoms in total. The minimum Gasteiger partial charge on any atom is -0.330 e. The van der Waals surface area contributed by atoms with Crippen LogP contribution in [0.15, 0.2) is 30.3 Å². The molecule has 0 fully saturated rings. The molecule has 0 aliphatic carbocycles. The number of likely N-dealkylation sites (N-methyl/N-ethyl adjacent to an activating group) is 1. The number of hydrogen-bond acceptors (Lipinski definition) is 2. The van der Waals surface area contributed by atoms with Gasteiger partial charge in [-0.2, -0.15) is 0 Å². The third-order valence-electron chi connectivity index (χ3n) is 3.14. The van der Waals surface area contributed by atoms with Crippen molar-refractivity contribution in [3.8, 4) is 0 Å². The van der Waals surface area contributed by atoms with Gasteiger partial charge in [0.05, 0.1) is 0 Å². The van der Waals surface area contributed by atoms with Crippen molar-refractivity contribution in [3.05, 3.63) is 35.9 Å². The summed E-state index contributed by atoms with van der Waals surface area (Å²) in [5.74, 6) is 0. The summed E-state index contributed by atoms with van der Waals surface area (Å²) in [4.78, 5) is 2.50. The van der Waals surface area contributed by atoms with Gasteiger partial charge in [0.1, 0.15) is 0 Å². The number of benzene rings is 1. The summed E-state index contributed by atoms with van der Waals surface area (Å²) in [5.41, 5.74) is 7.02. The third-order valence-corrected chi connectivity index (χ3v) is 3.14. The summed E-state index contributed by atoms with van der Waals surface area (Å²) in [6.45, 7) is 7.50. The standard InChI is InChI=1S/C14H24N2/c1-3-16(13(2)9-11-15)12-10-14-7-5-4-6-8-14/h4-8,13H,3,9-12,15H2,1-2H3. The van der Waals surface area contributed by atoms with E-state index in [0.29, 0.717) is 6.04 Å². The fourth-order valence-corrected chi connectivity index (χ4v) is 2.03. The van der Waals surface area contributed by atoms with Crippen LogP contribution in [-0.2, 0) is 6.42 Å². The Kier molecular flexibility index (Phi) is 6.12. The second kappa shape index (κ2) is 7.42. The van der Waals surface area contributed by atoms with Gasteiger partial charge in [0, 0.05) is 12.6 Å². The van der Waals surface area contributed by atoms with E-state index >= 15 is 0 Å². The molecule has 1 aromatic carbocycles. The van der Waals surface area contributed by atoms with E-state index in [1.165, 1.54) is 5.56 Å². The molecule has 0 aromatic heterocycles. The van der Waals surface area contributed by atoms with Crippen LogP contribution in [0.4, 0.5) is 0 Å². The molecular weight excluding hydrogens is 196 g/mol. The maximum Gasteiger partial charge on any atom is 0.00789 e. The lowest BCUT2D eigenvalue weighted by atomic mass is 10.1. The molecule has 1 atom stereocenters. The second-order valence-corrected chi connectivity index (χ2v) is 4.29. The van der Waals surface area contributed by atoms with E-state index in [9.17, 15) is 0 Å². The minimum atomic E-state index is 0.596. The Labute approximate surface area is 99.5 Å². The summed E-state index contributed by atoms with van der Waals surface area (Å²) < 4.78 is 0. The largest absolute Gasteiger partial charge is 0.330 e. The highest BCUT2D eigenvalue weighted by atomic mass is 15.1. The van der Waals surface area contributed by atoms with Crippen LogP contribution < -0.4 is 5.73 Å². The van der Waals surface area contributed by atoms with Gasteiger partial charge in [0.2, 0.25) is 0 Å². The van der Waals surface area contributed by atoms with Gasteiger partial charge in [-0.15, -0.1) is 0 Å². The molecule has 0 saturated heterocycles. The molecule has 1 unspecified atom stereocenters. The lowest BCUT2D eigenvalue weighted by Crippen LogP contribution is -2.36. The van der Waals surface area contributed by atoms with Gasteiger partial charge < -0.3 is 10.6 Å². The predicted octanol–water partition coefficient (Wildman–Crippen LogP) is 2.29. The number of hydrogen-bond donors (Lipinski definition) is 1. The lowest BCUT2D eigenvalue weighted by Gasteiger charge is -2.27. The zero-order valence-electron chi connectivity index (χ0n) is 10.5. The maximum absolute atomic E-state index is 5.60. The second-order valence-electron chi connectivity index (χ2n) is 4.29. The molecule has 0 heterocycles. The quantitative estimate of drug-likeness (QED) is 0.764. The van der Waals surface area contributed by atoms with E-state index in [2.05, 4.69) is 49.1 Å². The van der Waals surface area contributed by atoms with Crippen molar-refractivity contribution < 1.29 is 0 Å². The van der Waals surface area contributed by atoms with Crippen molar-refractivity contribution in [1.29, 1.82) is 0 Å². The summed E-state index contributed by atoms with van der Waals surface area (Å²) >= 11 is 0. The summed E-state index contributed by atoms with van der Waals surface area (Å²) in [6, 6.07) is 11.3. The highest BCUT2D eigenvalue weighted by Crippen LogP contribution is 2.06. The van der Waals surface area contributed by atoms with Crippen LogP contribution in [0, 0.1) is 0 Å². The molecular formula is C14H24N2. The van der Waals surface area contributed by atoms with Gasteiger partial charge in [0.25, 0.3) is 0 Å². The Hall–Kier alpha value is -0.860. The van der Waals surface area contributed by atoms with E-state index in [1.54, 1.807) is 0 Å². The van der Waals surface area contributed by atoms with Gasteiger partial charge in [-0.3, -0.25) is 0 Å². The molecule has 0 aliphatic rings. The SMILES string of the molecule is CCN(CCc1ccccc1)C(C)CCN. The molecule has 90 valence electrons. The maximum atomic E-state index is 5.60. The Morgan fingerprint density at radius 1 is 1.25 bits per heavy atom. The smallest absolute Gasteiger partial charge is 0.00789 e. The van der Waals surface area contributed by atoms with Crippen LogP contribution in [0.25, 0.3) is 0 Å². The normalized spacial score (nSPS) is 13.0. The van der Waals surface area contributed by atoms with Crippen molar-refractivity contribution in [3.63, 3.8) is 0 Å². The van der Waals surface area contributed by atoms with E-state index < -0.39 is 0 Å². The van der Waals surface area contributed by atoms with E-state index in [4.69, 9.17) is 5.73 Å². The Morgan fingerprint density at radius 3 is 2.50 bits per heavy atom. The van der Waals surface area contributed by atoms with E-state index in [1.807, 2.05) is 0 Å². The van der Waals surface area contributed by atoms with Gasteiger partial charge in [-0.1, -0.05) is 37.3 Å². The van der Waals surface area contributed by atoms with Crippen LogP contribution in [0.2, 0.25) is 0 Å². The van der Waals surface area contributed by atoms with Gasteiger partial charge >= 0.3 is 0 Å². The van der Waals surface area contributed by atoms with E-state index in [-0.39, 0.29) is 0 Å². The first-order chi connectivity index (χ1) is 7.77. The van der Waals surface area contributed by atoms with E-state index in [0.717, 1.165) is 32.5 Å². The zero-order valence-corrected chi connectivity index (χ0v) is 10.5. The average Bonchev–Trinajstić information content (AvgIpc) is 2.31. The van der Waals surface area contributed by atoms with Gasteiger partial charge in [-0.25, -0.2) is 0 Å². The highest BCUT2D eigenvalue weighted by Gasteiger charge is 2.10. The van der Waals surface area contributed by atoms with Gasteiger partial charge in [-0.05, 0) is 38.4 Å². The van der Waals surface area contributed by atoms with Crippen LogP contribution in [0.5, 0.6) is 0 Å². The molecule has 0 aliphatic heterocycles. The van der Waals surface area contributed by atoms with Crippen molar-refractivity contribution in [2.75, 3.05) is 19.6 Å². The first kappa shape index (κ1) is 13.2. The van der Waals surface area contributed by atoms with Crippen molar-refractivity contribution in [2.45, 2.75) is 32.7 Å². The van der Waals surface area contributed by atoms with Gasteiger partial charge in [0.15, 0.2) is 0 Å². The first-order valence-corrected chi connectivity index (χ1v) is 6.26. The van der Waals surface area contributed by atoms with Crippen LogP contribution in [-0.4, -0.2) is 30.6 Å². The molecule has 0 saturated carbocycles. The fraction of sp³-hybridized carbons (Fsp3) is 0.571. The number of nitrogens with zero attached hydrogens (tertiary/aromatic N) is 1. The number of nitrogens with two attached hydrogens (primary N) is 1. The Balaban J connectivity index is 2.39. The lowest BCUT2D eigenvalue weighted by molar-refractivity contribution is 0.214. The Bertz CT molecular complexity index is 271.